The van der Waals surface area contributed by atoms with Crippen molar-refractivity contribution in [3.05, 3.63) is 126 Å². The van der Waals surface area contributed by atoms with Gasteiger partial charge in [0.25, 0.3) is 0 Å². The fraction of sp³-hybridized carbons (Fsp3) is 0.162. The molecule has 3 heterocycles. The van der Waals surface area contributed by atoms with Crippen LogP contribution in [0.5, 0.6) is 11.5 Å². The first kappa shape index (κ1) is 32.7. The van der Waals surface area contributed by atoms with Crippen LogP contribution in [0.3, 0.4) is 0 Å². The summed E-state index contributed by atoms with van der Waals surface area (Å²) in [5.74, 6) is 12.5. The number of hydrogen-bond acceptors (Lipinski definition) is 9. The summed E-state index contributed by atoms with van der Waals surface area (Å²) in [4.78, 5) is 35.5. The van der Waals surface area contributed by atoms with Crippen LogP contribution < -0.4 is 9.47 Å². The molecule has 0 amide bonds. The monoisotopic (exact) mass is 613 g/mol. The van der Waals surface area contributed by atoms with Crippen molar-refractivity contribution in [3.63, 3.8) is 0 Å². The van der Waals surface area contributed by atoms with E-state index in [0.717, 1.165) is 45.7 Å². The van der Waals surface area contributed by atoms with Crippen molar-refractivity contribution in [2.75, 3.05) is 26.4 Å². The number of pyridine rings is 3. The van der Waals surface area contributed by atoms with Crippen LogP contribution >= 0.6 is 0 Å². The van der Waals surface area contributed by atoms with Crippen LogP contribution in [0.1, 0.15) is 33.6 Å². The van der Waals surface area contributed by atoms with Gasteiger partial charge in [0, 0.05) is 35.0 Å². The molecule has 4 aromatic rings. The lowest BCUT2D eigenvalue weighted by molar-refractivity contribution is -0.139. The van der Waals surface area contributed by atoms with Gasteiger partial charge in [0.1, 0.15) is 49.3 Å². The topological polar surface area (TPSA) is 110 Å². The molecule has 0 saturated heterocycles. The summed E-state index contributed by atoms with van der Waals surface area (Å²) in [6.07, 6.45) is 7.10. The third kappa shape index (κ3) is 9.94. The number of nitrogens with zero attached hydrogens (tertiary/aromatic N) is 3. The molecule has 0 aliphatic rings. The Balaban J connectivity index is 1.34. The third-order valence-electron chi connectivity index (χ3n) is 6.23. The summed E-state index contributed by atoms with van der Waals surface area (Å²) in [5.41, 5.74) is 6.73. The number of carbonyl (C=O) groups excluding carboxylic acids is 2. The SMILES string of the molecule is C=CC(=O)OCCOc1ccc(C#Cc2ccc(-c3ncc(C#Cc4ccc(OCCOC(=O)C=C)cn4)cc3C)c(C)c2)nc1. The molecule has 0 unspecified atom stereocenters. The van der Waals surface area contributed by atoms with Crippen LogP contribution in [-0.4, -0.2) is 53.3 Å². The average Bonchev–Trinajstić information content (AvgIpc) is 3.08. The summed E-state index contributed by atoms with van der Waals surface area (Å²) in [6, 6.07) is 15.0. The molecule has 0 radical (unpaired) electrons. The van der Waals surface area contributed by atoms with Gasteiger partial charge in [0.2, 0.25) is 0 Å². The maximum absolute atomic E-state index is 11.1. The van der Waals surface area contributed by atoms with Crippen LogP contribution in [0.2, 0.25) is 0 Å². The van der Waals surface area contributed by atoms with Gasteiger partial charge >= 0.3 is 11.9 Å². The van der Waals surface area contributed by atoms with Crippen molar-refractivity contribution in [1.82, 2.24) is 15.0 Å². The number of rotatable bonds is 11. The molecule has 0 N–H and O–H groups in total. The molecular formula is C37H31N3O6. The van der Waals surface area contributed by atoms with E-state index < -0.39 is 11.9 Å². The van der Waals surface area contributed by atoms with Crippen molar-refractivity contribution in [2.45, 2.75) is 13.8 Å². The zero-order valence-corrected chi connectivity index (χ0v) is 25.5. The quantitative estimate of drug-likeness (QED) is 0.0979. The Kier molecular flexibility index (Phi) is 11.8. The molecule has 0 aliphatic carbocycles. The van der Waals surface area contributed by atoms with Gasteiger partial charge in [-0.2, -0.15) is 0 Å². The second-order valence-electron chi connectivity index (χ2n) is 9.62. The number of benzene rings is 1. The van der Waals surface area contributed by atoms with Crippen LogP contribution in [0.4, 0.5) is 0 Å². The Labute approximate surface area is 267 Å². The molecule has 0 bridgehead atoms. The molecule has 0 spiro atoms. The van der Waals surface area contributed by atoms with Crippen LogP contribution in [0, 0.1) is 37.5 Å². The van der Waals surface area contributed by atoms with Gasteiger partial charge < -0.3 is 18.9 Å². The predicted octanol–water partition coefficient (Wildman–Crippen LogP) is 5.17. The van der Waals surface area contributed by atoms with Gasteiger partial charge in [-0.1, -0.05) is 31.1 Å². The summed E-state index contributed by atoms with van der Waals surface area (Å²) in [5, 5.41) is 0. The van der Waals surface area contributed by atoms with Gasteiger partial charge in [-0.05, 0) is 79.3 Å². The van der Waals surface area contributed by atoms with Gasteiger partial charge in [0.05, 0.1) is 18.1 Å². The lowest BCUT2D eigenvalue weighted by atomic mass is 9.99. The fourth-order valence-corrected chi connectivity index (χ4v) is 4.01. The van der Waals surface area contributed by atoms with E-state index in [1.165, 1.54) is 0 Å². The second-order valence-corrected chi connectivity index (χ2v) is 9.62. The number of esters is 2. The number of aryl methyl sites for hydroxylation is 2. The molecule has 46 heavy (non-hydrogen) atoms. The highest BCUT2D eigenvalue weighted by atomic mass is 16.6. The van der Waals surface area contributed by atoms with E-state index in [-0.39, 0.29) is 26.4 Å². The van der Waals surface area contributed by atoms with E-state index in [9.17, 15) is 9.59 Å². The molecule has 9 nitrogen and oxygen atoms in total. The average molecular weight is 614 g/mol. The summed E-state index contributed by atoms with van der Waals surface area (Å²) in [7, 11) is 0. The Bertz CT molecular complexity index is 1710. The standard InChI is InChI=1S/C37H31N3O6/c1-5-35(41)45-19-17-43-32-14-12-30(38-24-32)10-7-28-9-16-34(26(3)21-28)37-27(4)22-29(23-40-37)8-11-31-13-15-33(25-39-31)44-18-20-46-36(42)6-2/h5-6,9,12-16,21-25H,1-2,17-20H2,3-4H3. The van der Waals surface area contributed by atoms with Gasteiger partial charge in [-0.15, -0.1) is 0 Å². The van der Waals surface area contributed by atoms with E-state index >= 15 is 0 Å². The highest BCUT2D eigenvalue weighted by Crippen LogP contribution is 2.26. The molecule has 0 aliphatic heterocycles. The Morgan fingerprint density at radius 1 is 0.652 bits per heavy atom. The van der Waals surface area contributed by atoms with Crippen LogP contribution in [-0.2, 0) is 19.1 Å². The first-order valence-electron chi connectivity index (χ1n) is 14.2. The van der Waals surface area contributed by atoms with Crippen molar-refractivity contribution in [1.29, 1.82) is 0 Å². The summed E-state index contributed by atoms with van der Waals surface area (Å²) in [6.45, 7) is 11.4. The fourth-order valence-electron chi connectivity index (χ4n) is 4.01. The summed E-state index contributed by atoms with van der Waals surface area (Å²) >= 11 is 0. The molecule has 3 aromatic heterocycles. The predicted molar refractivity (Wildman–Crippen MR) is 173 cm³/mol. The number of hydrogen-bond donors (Lipinski definition) is 0. The van der Waals surface area contributed by atoms with Crippen molar-refractivity contribution < 1.29 is 28.5 Å². The molecule has 0 fully saturated rings. The van der Waals surface area contributed by atoms with E-state index in [1.807, 2.05) is 38.1 Å². The Hall–Kier alpha value is -6.19. The molecule has 4 rings (SSSR count). The van der Waals surface area contributed by atoms with Gasteiger partial charge in [-0.3, -0.25) is 4.98 Å². The molecule has 0 atom stereocenters. The van der Waals surface area contributed by atoms with Crippen molar-refractivity contribution in [2.24, 2.45) is 0 Å². The summed E-state index contributed by atoms with van der Waals surface area (Å²) < 4.78 is 20.8. The first-order valence-corrected chi connectivity index (χ1v) is 14.2. The Morgan fingerprint density at radius 3 is 1.67 bits per heavy atom. The highest BCUT2D eigenvalue weighted by Gasteiger charge is 2.08. The first-order chi connectivity index (χ1) is 22.3. The lowest BCUT2D eigenvalue weighted by Crippen LogP contribution is -2.10. The molecule has 9 heteroatoms. The maximum atomic E-state index is 11.1. The zero-order chi connectivity index (χ0) is 32.7. The van der Waals surface area contributed by atoms with Crippen LogP contribution in [0.15, 0.2) is 92.4 Å². The molecule has 0 saturated carbocycles. The Morgan fingerprint density at radius 2 is 1.20 bits per heavy atom. The smallest absolute Gasteiger partial charge is 0.330 e. The number of aromatic nitrogens is 3. The second kappa shape index (κ2) is 16.6. The minimum Gasteiger partial charge on any atom is -0.488 e. The third-order valence-corrected chi connectivity index (χ3v) is 6.23. The maximum Gasteiger partial charge on any atom is 0.330 e. The van der Waals surface area contributed by atoms with Gasteiger partial charge in [-0.25, -0.2) is 19.6 Å². The van der Waals surface area contributed by atoms with Crippen LogP contribution in [0.25, 0.3) is 11.3 Å². The van der Waals surface area contributed by atoms with E-state index in [0.29, 0.717) is 22.9 Å². The minimum atomic E-state index is -0.492. The van der Waals surface area contributed by atoms with E-state index in [2.05, 4.69) is 46.8 Å². The largest absolute Gasteiger partial charge is 0.488 e. The van der Waals surface area contributed by atoms with E-state index in [1.54, 1.807) is 42.9 Å². The van der Waals surface area contributed by atoms with E-state index in [4.69, 9.17) is 23.9 Å². The van der Waals surface area contributed by atoms with Crippen molar-refractivity contribution >= 4 is 11.9 Å². The highest BCUT2D eigenvalue weighted by molar-refractivity contribution is 5.81. The number of carbonyl (C=O) groups is 2. The molecular weight excluding hydrogens is 582 g/mol. The van der Waals surface area contributed by atoms with Crippen molar-refractivity contribution in [3.8, 4) is 46.4 Å². The number of ether oxygens (including phenoxy) is 4. The lowest BCUT2D eigenvalue weighted by Gasteiger charge is -2.09. The molecule has 1 aromatic carbocycles. The minimum absolute atomic E-state index is 0.123. The zero-order valence-electron chi connectivity index (χ0n) is 25.5. The van der Waals surface area contributed by atoms with Gasteiger partial charge in [0.15, 0.2) is 0 Å². The molecule has 230 valence electrons. The normalized spacial score (nSPS) is 9.87.